The molecule has 76 valence electrons. The van der Waals surface area contributed by atoms with Crippen molar-refractivity contribution in [2.75, 3.05) is 18.0 Å². The maximum Gasteiger partial charge on any atom is 0.150 e. The number of hydrogen-bond acceptors (Lipinski definition) is 3. The normalized spacial score (nSPS) is 18.6. The van der Waals surface area contributed by atoms with Gasteiger partial charge in [0.05, 0.1) is 5.69 Å². The molecule has 0 aromatic carbocycles. The fraction of sp³-hybridized carbons (Fsp3) is 0.600. The van der Waals surface area contributed by atoms with Gasteiger partial charge in [-0.05, 0) is 19.8 Å². The van der Waals surface area contributed by atoms with Crippen molar-refractivity contribution in [3.05, 3.63) is 18.1 Å². The minimum absolute atomic E-state index is 0.677. The van der Waals surface area contributed by atoms with Crippen LogP contribution in [-0.2, 0) is 0 Å². The first-order chi connectivity index (χ1) is 6.77. The van der Waals surface area contributed by atoms with E-state index in [1.807, 2.05) is 6.92 Å². The third kappa shape index (κ3) is 2.05. The number of nitrogens with zero attached hydrogens (tertiary/aromatic N) is 3. The minimum atomic E-state index is 0.677. The van der Waals surface area contributed by atoms with E-state index in [2.05, 4.69) is 30.8 Å². The molecule has 0 bridgehead atoms. The second-order valence-corrected chi connectivity index (χ2v) is 4.92. The zero-order chi connectivity index (χ0) is 9.97. The zero-order valence-electron chi connectivity index (χ0n) is 8.28. The Hall–Kier alpha value is -0.640. The van der Waals surface area contributed by atoms with E-state index >= 15 is 0 Å². The van der Waals surface area contributed by atoms with Crippen LogP contribution in [0.1, 0.15) is 18.5 Å². The molecule has 0 spiro atoms. The van der Waals surface area contributed by atoms with Gasteiger partial charge in [-0.3, -0.25) is 4.98 Å². The molecule has 4 heteroatoms. The van der Waals surface area contributed by atoms with Crippen LogP contribution in [0.2, 0.25) is 0 Å². The van der Waals surface area contributed by atoms with Crippen molar-refractivity contribution in [2.24, 2.45) is 0 Å². The average molecular weight is 256 g/mol. The summed E-state index contributed by atoms with van der Waals surface area (Å²) in [6, 6.07) is 0. The standard InChI is InChI=1S/C10H14BrN3/c1-8-10(13-5-4-12-8)14-6-2-9(11)3-7-14/h4-5,9H,2-3,6-7H2,1H3. The SMILES string of the molecule is Cc1nccnc1N1CCC(Br)CC1. The van der Waals surface area contributed by atoms with Crippen molar-refractivity contribution in [1.82, 2.24) is 9.97 Å². The predicted molar refractivity (Wildman–Crippen MR) is 60.9 cm³/mol. The fourth-order valence-corrected chi connectivity index (χ4v) is 2.18. The van der Waals surface area contributed by atoms with Gasteiger partial charge in [-0.2, -0.15) is 0 Å². The van der Waals surface area contributed by atoms with Crippen LogP contribution in [0.15, 0.2) is 12.4 Å². The highest BCUT2D eigenvalue weighted by Gasteiger charge is 2.19. The van der Waals surface area contributed by atoms with Crippen molar-refractivity contribution in [3.63, 3.8) is 0 Å². The molecule has 1 aromatic rings. The molecule has 1 saturated heterocycles. The molecule has 1 fully saturated rings. The number of aromatic nitrogens is 2. The Morgan fingerprint density at radius 3 is 2.57 bits per heavy atom. The van der Waals surface area contributed by atoms with Crippen LogP contribution >= 0.6 is 15.9 Å². The molecule has 1 aliphatic rings. The number of aryl methyl sites for hydroxylation is 1. The number of rotatable bonds is 1. The van der Waals surface area contributed by atoms with Gasteiger partial charge >= 0.3 is 0 Å². The molecule has 0 saturated carbocycles. The van der Waals surface area contributed by atoms with Crippen molar-refractivity contribution in [1.29, 1.82) is 0 Å². The Morgan fingerprint density at radius 2 is 1.93 bits per heavy atom. The summed E-state index contributed by atoms with van der Waals surface area (Å²) < 4.78 is 0. The smallest absolute Gasteiger partial charge is 0.150 e. The molecule has 1 aliphatic heterocycles. The van der Waals surface area contributed by atoms with E-state index in [4.69, 9.17) is 0 Å². The largest absolute Gasteiger partial charge is 0.355 e. The summed E-state index contributed by atoms with van der Waals surface area (Å²) in [6.45, 7) is 4.17. The lowest BCUT2D eigenvalue weighted by atomic mass is 10.1. The van der Waals surface area contributed by atoms with Gasteiger partial charge in [0, 0.05) is 30.3 Å². The van der Waals surface area contributed by atoms with Gasteiger partial charge in [0.2, 0.25) is 0 Å². The van der Waals surface area contributed by atoms with Gasteiger partial charge < -0.3 is 4.90 Å². The molecule has 0 unspecified atom stereocenters. The van der Waals surface area contributed by atoms with Crippen molar-refractivity contribution >= 4 is 21.7 Å². The fourth-order valence-electron chi connectivity index (χ4n) is 1.77. The number of piperidine rings is 1. The highest BCUT2D eigenvalue weighted by atomic mass is 79.9. The zero-order valence-corrected chi connectivity index (χ0v) is 9.87. The van der Waals surface area contributed by atoms with E-state index in [1.54, 1.807) is 12.4 Å². The van der Waals surface area contributed by atoms with E-state index in [9.17, 15) is 0 Å². The van der Waals surface area contributed by atoms with E-state index in [-0.39, 0.29) is 0 Å². The number of halogens is 1. The number of hydrogen-bond donors (Lipinski definition) is 0. The summed E-state index contributed by atoms with van der Waals surface area (Å²) in [7, 11) is 0. The second-order valence-electron chi connectivity index (χ2n) is 3.63. The van der Waals surface area contributed by atoms with E-state index in [1.165, 1.54) is 12.8 Å². The van der Waals surface area contributed by atoms with Gasteiger partial charge in [-0.1, -0.05) is 15.9 Å². The maximum absolute atomic E-state index is 4.38. The van der Waals surface area contributed by atoms with Crippen LogP contribution in [0.3, 0.4) is 0 Å². The van der Waals surface area contributed by atoms with Crippen LogP contribution in [-0.4, -0.2) is 27.9 Å². The van der Waals surface area contributed by atoms with E-state index in [0.29, 0.717) is 4.83 Å². The van der Waals surface area contributed by atoms with Crippen molar-refractivity contribution in [3.8, 4) is 0 Å². The van der Waals surface area contributed by atoms with Gasteiger partial charge in [0.25, 0.3) is 0 Å². The monoisotopic (exact) mass is 255 g/mol. The first kappa shape index (κ1) is 9.90. The second kappa shape index (κ2) is 4.26. The van der Waals surface area contributed by atoms with E-state index < -0.39 is 0 Å². The Balaban J connectivity index is 2.12. The highest BCUT2D eigenvalue weighted by Crippen LogP contribution is 2.22. The third-order valence-electron chi connectivity index (χ3n) is 2.58. The van der Waals surface area contributed by atoms with Crippen molar-refractivity contribution < 1.29 is 0 Å². The first-order valence-electron chi connectivity index (χ1n) is 4.94. The van der Waals surface area contributed by atoms with E-state index in [0.717, 1.165) is 24.6 Å². The lowest BCUT2D eigenvalue weighted by Gasteiger charge is -2.30. The van der Waals surface area contributed by atoms with Gasteiger partial charge in [0.15, 0.2) is 0 Å². The quantitative estimate of drug-likeness (QED) is 0.721. The molecule has 1 aromatic heterocycles. The predicted octanol–water partition coefficient (Wildman–Crippen LogP) is 2.15. The number of anilines is 1. The minimum Gasteiger partial charge on any atom is -0.355 e. The molecule has 0 radical (unpaired) electrons. The summed E-state index contributed by atoms with van der Waals surface area (Å²) in [5.41, 5.74) is 1.03. The molecule has 2 rings (SSSR count). The maximum atomic E-state index is 4.38. The summed E-state index contributed by atoms with van der Waals surface area (Å²) >= 11 is 3.64. The van der Waals surface area contributed by atoms with Crippen LogP contribution in [0.25, 0.3) is 0 Å². The Labute approximate surface area is 92.7 Å². The summed E-state index contributed by atoms with van der Waals surface area (Å²) in [4.78, 5) is 11.6. The van der Waals surface area contributed by atoms with Crippen LogP contribution in [0.5, 0.6) is 0 Å². The molecular formula is C10H14BrN3. The van der Waals surface area contributed by atoms with Gasteiger partial charge in [-0.15, -0.1) is 0 Å². The molecule has 14 heavy (non-hydrogen) atoms. The number of alkyl halides is 1. The molecule has 0 N–H and O–H groups in total. The summed E-state index contributed by atoms with van der Waals surface area (Å²) in [5, 5.41) is 0. The van der Waals surface area contributed by atoms with Gasteiger partial charge in [0.1, 0.15) is 5.82 Å². The molecule has 3 nitrogen and oxygen atoms in total. The topological polar surface area (TPSA) is 29.0 Å². The van der Waals surface area contributed by atoms with Crippen molar-refractivity contribution in [2.45, 2.75) is 24.6 Å². The Morgan fingerprint density at radius 1 is 1.29 bits per heavy atom. The van der Waals surface area contributed by atoms with Crippen LogP contribution in [0.4, 0.5) is 5.82 Å². The molecule has 0 amide bonds. The highest BCUT2D eigenvalue weighted by molar-refractivity contribution is 9.09. The molecule has 0 atom stereocenters. The Kier molecular flexibility index (Phi) is 3.01. The average Bonchev–Trinajstić information content (AvgIpc) is 2.20. The van der Waals surface area contributed by atoms with Crippen LogP contribution in [0, 0.1) is 6.92 Å². The third-order valence-corrected chi connectivity index (χ3v) is 3.49. The van der Waals surface area contributed by atoms with Gasteiger partial charge in [-0.25, -0.2) is 4.98 Å². The molecule has 2 heterocycles. The lowest BCUT2D eigenvalue weighted by Crippen LogP contribution is -2.35. The van der Waals surface area contributed by atoms with Crippen LogP contribution < -0.4 is 4.90 Å². The molecule has 0 aliphatic carbocycles. The Bertz CT molecular complexity index is 308. The summed E-state index contributed by atoms with van der Waals surface area (Å²) in [6.07, 6.45) is 5.89. The molecular weight excluding hydrogens is 242 g/mol. The first-order valence-corrected chi connectivity index (χ1v) is 5.85. The summed E-state index contributed by atoms with van der Waals surface area (Å²) in [5.74, 6) is 1.05. The lowest BCUT2D eigenvalue weighted by molar-refractivity contribution is 0.590.